The van der Waals surface area contributed by atoms with Gasteiger partial charge in [0.1, 0.15) is 11.5 Å². The number of nitrogens with zero attached hydrogens (tertiary/aromatic N) is 1. The van der Waals surface area contributed by atoms with Gasteiger partial charge in [-0.15, -0.1) is 0 Å². The molecular weight excluding hydrogens is 344 g/mol. The third-order valence-electron chi connectivity index (χ3n) is 4.58. The Morgan fingerprint density at radius 1 is 1.15 bits per heavy atom. The summed E-state index contributed by atoms with van der Waals surface area (Å²) in [4.78, 5) is 26.2. The number of amides is 2. The second-order valence-corrected chi connectivity index (χ2v) is 7.24. The molecule has 27 heavy (non-hydrogen) atoms. The molecule has 6 heteroatoms. The van der Waals surface area contributed by atoms with Crippen molar-refractivity contribution in [1.82, 2.24) is 10.2 Å². The third-order valence-corrected chi connectivity index (χ3v) is 4.58. The first-order valence-corrected chi connectivity index (χ1v) is 9.40. The summed E-state index contributed by atoms with van der Waals surface area (Å²) in [6, 6.07) is 5.56. The van der Waals surface area contributed by atoms with Gasteiger partial charge in [-0.3, -0.25) is 9.59 Å². The zero-order chi connectivity index (χ0) is 19.8. The van der Waals surface area contributed by atoms with Crippen LogP contribution in [0.5, 0.6) is 11.5 Å². The molecule has 0 spiro atoms. The number of methoxy groups -OCH3 is 2. The van der Waals surface area contributed by atoms with E-state index in [9.17, 15) is 9.59 Å². The lowest BCUT2D eigenvalue weighted by molar-refractivity contribution is -0.133. The van der Waals surface area contributed by atoms with E-state index >= 15 is 0 Å². The van der Waals surface area contributed by atoms with E-state index in [4.69, 9.17) is 9.47 Å². The summed E-state index contributed by atoms with van der Waals surface area (Å²) in [5.41, 5.74) is 0.829. The summed E-state index contributed by atoms with van der Waals surface area (Å²) in [6.07, 6.45) is 5.42. The van der Waals surface area contributed by atoms with Gasteiger partial charge in [0.15, 0.2) is 0 Å². The molecule has 1 fully saturated rings. The number of hydrogen-bond donors (Lipinski definition) is 1. The van der Waals surface area contributed by atoms with Crippen LogP contribution in [0, 0.1) is 5.92 Å². The largest absolute Gasteiger partial charge is 0.497 e. The van der Waals surface area contributed by atoms with Crippen molar-refractivity contribution in [2.45, 2.75) is 39.2 Å². The Morgan fingerprint density at radius 3 is 2.26 bits per heavy atom. The molecule has 0 aliphatic carbocycles. The highest BCUT2D eigenvalue weighted by molar-refractivity contribution is 5.92. The molecule has 0 radical (unpaired) electrons. The minimum Gasteiger partial charge on any atom is -0.497 e. The monoisotopic (exact) mass is 374 g/mol. The topological polar surface area (TPSA) is 67.9 Å². The number of hydrogen-bond acceptors (Lipinski definition) is 4. The predicted molar refractivity (Wildman–Crippen MR) is 106 cm³/mol. The highest BCUT2D eigenvalue weighted by Gasteiger charge is 2.23. The summed E-state index contributed by atoms with van der Waals surface area (Å²) in [5, 5.41) is 3.02. The zero-order valence-corrected chi connectivity index (χ0v) is 16.7. The van der Waals surface area contributed by atoms with Crippen molar-refractivity contribution < 1.29 is 19.1 Å². The van der Waals surface area contributed by atoms with Crippen LogP contribution in [0.1, 0.15) is 38.7 Å². The maximum Gasteiger partial charge on any atom is 0.244 e. The molecule has 0 atom stereocenters. The van der Waals surface area contributed by atoms with E-state index in [1.165, 1.54) is 6.08 Å². The Hall–Kier alpha value is -2.50. The molecule has 0 saturated carbocycles. The molecule has 2 rings (SSSR count). The van der Waals surface area contributed by atoms with Gasteiger partial charge in [0.05, 0.1) is 14.2 Å². The van der Waals surface area contributed by atoms with E-state index < -0.39 is 0 Å². The van der Waals surface area contributed by atoms with E-state index in [1.807, 2.05) is 17.0 Å². The molecule has 1 aromatic rings. The first kappa shape index (κ1) is 20.8. The highest BCUT2D eigenvalue weighted by Crippen LogP contribution is 2.23. The summed E-state index contributed by atoms with van der Waals surface area (Å²) in [7, 11) is 3.18. The summed E-state index contributed by atoms with van der Waals surface area (Å²) < 4.78 is 10.5. The average molecular weight is 374 g/mol. The van der Waals surface area contributed by atoms with Crippen LogP contribution in [0.4, 0.5) is 0 Å². The van der Waals surface area contributed by atoms with Crippen LogP contribution in [0.3, 0.4) is 0 Å². The van der Waals surface area contributed by atoms with Gasteiger partial charge in [-0.25, -0.2) is 0 Å². The molecule has 1 saturated heterocycles. The number of piperidine rings is 1. The summed E-state index contributed by atoms with van der Waals surface area (Å²) in [5.74, 6) is 1.79. The van der Waals surface area contributed by atoms with Gasteiger partial charge in [-0.2, -0.15) is 0 Å². The Bertz CT molecular complexity index is 655. The lowest BCUT2D eigenvalue weighted by Gasteiger charge is -2.32. The number of ether oxygens (including phenoxy) is 2. The van der Waals surface area contributed by atoms with Crippen molar-refractivity contribution in [2.24, 2.45) is 5.92 Å². The molecule has 1 heterocycles. The van der Waals surface area contributed by atoms with Gasteiger partial charge < -0.3 is 19.7 Å². The number of carbonyl (C=O) groups is 2. The minimum absolute atomic E-state index is 0.102. The van der Waals surface area contributed by atoms with Crippen LogP contribution in [-0.2, 0) is 9.59 Å². The standard InChI is InChI=1S/C21H30N2O4/c1-15(2)11-21(25)23-9-7-17(8-10-23)22-20(24)6-5-16-12-18(26-3)14-19(13-16)27-4/h5-6,12-15,17H,7-11H2,1-4H3,(H,22,24)/b6-5-. The van der Waals surface area contributed by atoms with Crippen molar-refractivity contribution in [3.8, 4) is 11.5 Å². The van der Waals surface area contributed by atoms with Gasteiger partial charge in [-0.05, 0) is 42.5 Å². The molecule has 1 N–H and O–H groups in total. The van der Waals surface area contributed by atoms with E-state index in [0.29, 0.717) is 36.9 Å². The van der Waals surface area contributed by atoms with Gasteiger partial charge in [0.2, 0.25) is 11.8 Å². The van der Waals surface area contributed by atoms with Crippen LogP contribution < -0.4 is 14.8 Å². The van der Waals surface area contributed by atoms with E-state index in [0.717, 1.165) is 18.4 Å². The van der Waals surface area contributed by atoms with Crippen molar-refractivity contribution in [3.05, 3.63) is 29.8 Å². The molecule has 1 aromatic carbocycles. The first-order valence-electron chi connectivity index (χ1n) is 9.40. The number of carbonyl (C=O) groups excluding carboxylic acids is 2. The quantitative estimate of drug-likeness (QED) is 0.745. The number of benzene rings is 1. The molecular formula is C21H30N2O4. The third kappa shape index (κ3) is 6.62. The Morgan fingerprint density at radius 2 is 1.74 bits per heavy atom. The number of nitrogens with one attached hydrogen (secondary N) is 1. The molecule has 2 amide bonds. The summed E-state index contributed by atoms with van der Waals surface area (Å²) in [6.45, 7) is 5.50. The fourth-order valence-corrected chi connectivity index (χ4v) is 3.10. The van der Waals surface area contributed by atoms with Gasteiger partial charge in [0, 0.05) is 37.7 Å². The van der Waals surface area contributed by atoms with Gasteiger partial charge in [-0.1, -0.05) is 13.8 Å². The Labute approximate surface area is 161 Å². The minimum atomic E-state index is -0.135. The zero-order valence-electron chi connectivity index (χ0n) is 16.7. The van der Waals surface area contributed by atoms with Crippen LogP contribution in [-0.4, -0.2) is 50.1 Å². The summed E-state index contributed by atoms with van der Waals surface area (Å²) >= 11 is 0. The normalized spacial score (nSPS) is 15.2. The second-order valence-electron chi connectivity index (χ2n) is 7.24. The maximum absolute atomic E-state index is 12.2. The highest BCUT2D eigenvalue weighted by atomic mass is 16.5. The molecule has 148 valence electrons. The molecule has 6 nitrogen and oxygen atoms in total. The fourth-order valence-electron chi connectivity index (χ4n) is 3.10. The first-order chi connectivity index (χ1) is 12.9. The Kier molecular flexibility index (Phi) is 7.70. The van der Waals surface area contributed by atoms with Crippen molar-refractivity contribution in [1.29, 1.82) is 0 Å². The van der Waals surface area contributed by atoms with Crippen molar-refractivity contribution in [2.75, 3.05) is 27.3 Å². The van der Waals surface area contributed by atoms with E-state index in [-0.39, 0.29) is 17.9 Å². The van der Waals surface area contributed by atoms with Crippen LogP contribution in [0.2, 0.25) is 0 Å². The average Bonchev–Trinajstić information content (AvgIpc) is 2.66. The molecule has 0 bridgehead atoms. The predicted octanol–water partition coefficient (Wildman–Crippen LogP) is 2.87. The molecule has 0 unspecified atom stereocenters. The van der Waals surface area contributed by atoms with Crippen LogP contribution in [0.15, 0.2) is 24.3 Å². The Balaban J connectivity index is 1.84. The fraction of sp³-hybridized carbons (Fsp3) is 0.524. The van der Waals surface area contributed by atoms with Gasteiger partial charge >= 0.3 is 0 Å². The smallest absolute Gasteiger partial charge is 0.244 e. The van der Waals surface area contributed by atoms with E-state index in [1.54, 1.807) is 26.4 Å². The second kappa shape index (κ2) is 10.00. The van der Waals surface area contributed by atoms with E-state index in [2.05, 4.69) is 19.2 Å². The lowest BCUT2D eigenvalue weighted by Crippen LogP contribution is -2.46. The number of rotatable bonds is 7. The number of likely N-dealkylation sites (tertiary alicyclic amines) is 1. The van der Waals surface area contributed by atoms with Crippen LogP contribution >= 0.6 is 0 Å². The molecule has 1 aliphatic heterocycles. The van der Waals surface area contributed by atoms with Gasteiger partial charge in [0.25, 0.3) is 0 Å². The SMILES string of the molecule is COc1cc(/C=C\C(=O)NC2CCN(C(=O)CC(C)C)CC2)cc(OC)c1. The maximum atomic E-state index is 12.2. The van der Waals surface area contributed by atoms with Crippen molar-refractivity contribution >= 4 is 17.9 Å². The molecule has 0 aromatic heterocycles. The van der Waals surface area contributed by atoms with Crippen molar-refractivity contribution in [3.63, 3.8) is 0 Å². The van der Waals surface area contributed by atoms with Crippen LogP contribution in [0.25, 0.3) is 6.08 Å². The lowest BCUT2D eigenvalue weighted by atomic mass is 10.0. The molecule has 1 aliphatic rings.